The smallest absolute Gasteiger partial charge is 0.303 e. The average molecular weight is 270 g/mol. The molecule has 0 aromatic rings. The molecule has 1 amide bonds. The highest BCUT2D eigenvalue weighted by molar-refractivity contribution is 5.85. The molecule has 2 N–H and O–H groups in total. The van der Waals surface area contributed by atoms with E-state index in [0.29, 0.717) is 18.9 Å². The number of likely N-dealkylation sites (tertiary alicyclic amines) is 1. The highest BCUT2D eigenvalue weighted by Gasteiger charge is 2.33. The summed E-state index contributed by atoms with van der Waals surface area (Å²) < 4.78 is 0. The fourth-order valence-corrected chi connectivity index (χ4v) is 2.73. The second-order valence-electron chi connectivity index (χ2n) is 5.85. The molecule has 0 aromatic heterocycles. The van der Waals surface area contributed by atoms with Crippen LogP contribution in [0.2, 0.25) is 0 Å². The molecular formula is C14H26N2O3. The number of hydrogen-bond acceptors (Lipinski definition) is 3. The highest BCUT2D eigenvalue weighted by atomic mass is 16.4. The van der Waals surface area contributed by atoms with Gasteiger partial charge in [0.15, 0.2) is 0 Å². The first-order chi connectivity index (χ1) is 8.86. The summed E-state index contributed by atoms with van der Waals surface area (Å²) in [6.07, 6.45) is 2.86. The Hall–Kier alpha value is -1.10. The fourth-order valence-electron chi connectivity index (χ4n) is 2.73. The van der Waals surface area contributed by atoms with Crippen LogP contribution in [0.1, 0.15) is 46.5 Å². The van der Waals surface area contributed by atoms with E-state index in [1.807, 2.05) is 25.7 Å². The van der Waals surface area contributed by atoms with E-state index < -0.39 is 11.5 Å². The Morgan fingerprint density at radius 1 is 1.42 bits per heavy atom. The number of amides is 1. The Kier molecular flexibility index (Phi) is 5.79. The van der Waals surface area contributed by atoms with E-state index >= 15 is 0 Å². The minimum Gasteiger partial charge on any atom is -0.481 e. The number of nitrogens with zero attached hydrogens (tertiary/aromatic N) is 1. The number of piperidine rings is 1. The van der Waals surface area contributed by atoms with Crippen LogP contribution in [0.4, 0.5) is 0 Å². The average Bonchev–Trinajstić information content (AvgIpc) is 2.35. The van der Waals surface area contributed by atoms with Crippen LogP contribution < -0.4 is 5.32 Å². The van der Waals surface area contributed by atoms with Crippen molar-refractivity contribution >= 4 is 11.9 Å². The van der Waals surface area contributed by atoms with Gasteiger partial charge >= 0.3 is 5.97 Å². The van der Waals surface area contributed by atoms with Crippen LogP contribution in [0.5, 0.6) is 0 Å². The van der Waals surface area contributed by atoms with E-state index in [1.54, 1.807) is 0 Å². The minimum absolute atomic E-state index is 0.120. The summed E-state index contributed by atoms with van der Waals surface area (Å²) in [4.78, 5) is 24.9. The van der Waals surface area contributed by atoms with Crippen molar-refractivity contribution in [2.45, 2.75) is 52.0 Å². The number of carbonyl (C=O) groups is 2. The first-order valence-corrected chi connectivity index (χ1v) is 7.13. The summed E-state index contributed by atoms with van der Waals surface area (Å²) in [5.41, 5.74) is -0.538. The molecule has 1 aliphatic rings. The van der Waals surface area contributed by atoms with Crippen LogP contribution in [-0.2, 0) is 9.59 Å². The van der Waals surface area contributed by atoms with Gasteiger partial charge in [-0.2, -0.15) is 0 Å². The van der Waals surface area contributed by atoms with Gasteiger partial charge in [-0.3, -0.25) is 9.59 Å². The summed E-state index contributed by atoms with van der Waals surface area (Å²) in [6, 6.07) is 0. The minimum atomic E-state index is -0.753. The van der Waals surface area contributed by atoms with Crippen molar-refractivity contribution in [3.63, 3.8) is 0 Å². The van der Waals surface area contributed by atoms with Crippen molar-refractivity contribution in [1.29, 1.82) is 0 Å². The second kappa shape index (κ2) is 6.89. The maximum absolute atomic E-state index is 12.4. The van der Waals surface area contributed by atoms with E-state index in [1.165, 1.54) is 0 Å². The van der Waals surface area contributed by atoms with E-state index in [4.69, 9.17) is 5.11 Å². The third kappa shape index (κ3) is 4.82. The zero-order chi connectivity index (χ0) is 14.5. The normalized spacial score (nSPS) is 20.4. The van der Waals surface area contributed by atoms with Crippen molar-refractivity contribution in [3.05, 3.63) is 0 Å². The van der Waals surface area contributed by atoms with Gasteiger partial charge in [0.05, 0.1) is 5.54 Å². The molecule has 1 atom stereocenters. The van der Waals surface area contributed by atoms with Gasteiger partial charge in [0.1, 0.15) is 0 Å². The first kappa shape index (κ1) is 16.0. The molecule has 110 valence electrons. The van der Waals surface area contributed by atoms with Gasteiger partial charge in [-0.25, -0.2) is 0 Å². The fraction of sp³-hybridized carbons (Fsp3) is 0.857. The van der Waals surface area contributed by atoms with Crippen LogP contribution in [0, 0.1) is 5.92 Å². The Balaban J connectivity index is 2.54. The largest absolute Gasteiger partial charge is 0.481 e. The number of likely N-dealkylation sites (N-methyl/N-ethyl adjacent to an activating group) is 1. The molecule has 0 bridgehead atoms. The van der Waals surface area contributed by atoms with Crippen LogP contribution >= 0.6 is 0 Å². The van der Waals surface area contributed by atoms with Gasteiger partial charge in [0.25, 0.3) is 0 Å². The summed E-state index contributed by atoms with van der Waals surface area (Å²) in [5.74, 6) is -0.308. The summed E-state index contributed by atoms with van der Waals surface area (Å²) in [5, 5.41) is 11.9. The second-order valence-corrected chi connectivity index (χ2v) is 5.85. The standard InChI is InChI=1S/C14H26N2O3/c1-4-15-14(2,3)13(19)16-9-5-6-11(10-16)7-8-12(17)18/h11,15H,4-10H2,1-3H3,(H,17,18). The molecule has 0 aromatic carbocycles. The molecule has 0 radical (unpaired) electrons. The Labute approximate surface area is 115 Å². The van der Waals surface area contributed by atoms with Crippen LogP contribution in [0.15, 0.2) is 0 Å². The predicted molar refractivity (Wildman–Crippen MR) is 73.9 cm³/mol. The highest BCUT2D eigenvalue weighted by Crippen LogP contribution is 2.23. The molecule has 0 aliphatic carbocycles. The first-order valence-electron chi connectivity index (χ1n) is 7.13. The molecule has 1 saturated heterocycles. The van der Waals surface area contributed by atoms with Crippen molar-refractivity contribution < 1.29 is 14.7 Å². The SMILES string of the molecule is CCNC(C)(C)C(=O)N1CCCC(CCC(=O)O)C1. The number of carboxylic acid groups (broad SMARTS) is 1. The number of carboxylic acids is 1. The molecule has 1 aliphatic heterocycles. The van der Waals surface area contributed by atoms with Gasteiger partial charge in [-0.05, 0) is 45.6 Å². The Morgan fingerprint density at radius 2 is 2.11 bits per heavy atom. The number of hydrogen-bond donors (Lipinski definition) is 2. The Bertz CT molecular complexity index is 329. The summed E-state index contributed by atoms with van der Waals surface area (Å²) in [7, 11) is 0. The van der Waals surface area contributed by atoms with Gasteiger partial charge < -0.3 is 15.3 Å². The summed E-state index contributed by atoms with van der Waals surface area (Å²) in [6.45, 7) is 8.04. The number of aliphatic carboxylic acids is 1. The van der Waals surface area contributed by atoms with Gasteiger partial charge in [-0.1, -0.05) is 6.92 Å². The van der Waals surface area contributed by atoms with Crippen molar-refractivity contribution in [1.82, 2.24) is 10.2 Å². The third-order valence-electron chi connectivity index (χ3n) is 3.73. The van der Waals surface area contributed by atoms with Crippen molar-refractivity contribution in [3.8, 4) is 0 Å². The number of nitrogens with one attached hydrogen (secondary N) is 1. The molecule has 5 heteroatoms. The predicted octanol–water partition coefficient (Wildman–Crippen LogP) is 1.48. The lowest BCUT2D eigenvalue weighted by Gasteiger charge is -2.38. The topological polar surface area (TPSA) is 69.6 Å². The third-order valence-corrected chi connectivity index (χ3v) is 3.73. The van der Waals surface area contributed by atoms with E-state index in [9.17, 15) is 9.59 Å². The number of carbonyl (C=O) groups excluding carboxylic acids is 1. The van der Waals surface area contributed by atoms with Gasteiger partial charge in [0, 0.05) is 19.5 Å². The Morgan fingerprint density at radius 3 is 2.68 bits per heavy atom. The monoisotopic (exact) mass is 270 g/mol. The zero-order valence-electron chi connectivity index (χ0n) is 12.2. The van der Waals surface area contributed by atoms with Gasteiger partial charge in [0.2, 0.25) is 5.91 Å². The van der Waals surface area contributed by atoms with Crippen LogP contribution in [-0.4, -0.2) is 47.1 Å². The lowest BCUT2D eigenvalue weighted by atomic mass is 9.91. The molecule has 0 saturated carbocycles. The van der Waals surface area contributed by atoms with E-state index in [2.05, 4.69) is 5.32 Å². The van der Waals surface area contributed by atoms with E-state index in [0.717, 1.165) is 25.9 Å². The molecule has 1 rings (SSSR count). The molecule has 1 unspecified atom stereocenters. The maximum Gasteiger partial charge on any atom is 0.303 e. The number of rotatable bonds is 6. The lowest BCUT2D eigenvalue weighted by Crippen LogP contribution is -2.56. The van der Waals surface area contributed by atoms with E-state index in [-0.39, 0.29) is 12.3 Å². The lowest BCUT2D eigenvalue weighted by molar-refractivity contribution is -0.139. The maximum atomic E-state index is 12.4. The molecular weight excluding hydrogens is 244 g/mol. The van der Waals surface area contributed by atoms with Crippen LogP contribution in [0.3, 0.4) is 0 Å². The molecule has 1 heterocycles. The quantitative estimate of drug-likeness (QED) is 0.767. The van der Waals surface area contributed by atoms with Gasteiger partial charge in [-0.15, -0.1) is 0 Å². The molecule has 0 spiro atoms. The summed E-state index contributed by atoms with van der Waals surface area (Å²) >= 11 is 0. The van der Waals surface area contributed by atoms with Crippen LogP contribution in [0.25, 0.3) is 0 Å². The van der Waals surface area contributed by atoms with Crippen molar-refractivity contribution in [2.75, 3.05) is 19.6 Å². The van der Waals surface area contributed by atoms with Crippen molar-refractivity contribution in [2.24, 2.45) is 5.92 Å². The zero-order valence-corrected chi connectivity index (χ0v) is 12.2. The molecule has 5 nitrogen and oxygen atoms in total. The molecule has 19 heavy (non-hydrogen) atoms. The molecule has 1 fully saturated rings.